The first-order valence-electron chi connectivity index (χ1n) is 6.89. The predicted molar refractivity (Wildman–Crippen MR) is 94.2 cm³/mol. The number of carbonyl (C=O) groups excluding carboxylic acids is 1. The molecule has 0 fully saturated rings. The lowest BCUT2D eigenvalue weighted by Crippen LogP contribution is -2.19. The minimum absolute atomic E-state index is 0.0842. The number of anilines is 2. The molecule has 0 spiro atoms. The molecule has 0 saturated carbocycles. The first kappa shape index (κ1) is 16.7. The SMILES string of the molecule is CC(C)(C)c1ccc(NC(=O)Nc2ccc(Cl)c(Cl)c2)cc1. The fraction of sp³-hybridized carbons (Fsp3) is 0.235. The molecule has 0 bridgehead atoms. The lowest BCUT2D eigenvalue weighted by atomic mass is 9.87. The van der Waals surface area contributed by atoms with Crippen LogP contribution < -0.4 is 10.6 Å². The van der Waals surface area contributed by atoms with E-state index in [9.17, 15) is 4.79 Å². The third-order valence-electron chi connectivity index (χ3n) is 3.19. The Morgan fingerprint density at radius 2 is 1.41 bits per heavy atom. The first-order valence-corrected chi connectivity index (χ1v) is 7.65. The van der Waals surface area contributed by atoms with Crippen molar-refractivity contribution in [1.29, 1.82) is 0 Å². The van der Waals surface area contributed by atoms with Crippen molar-refractivity contribution in [2.24, 2.45) is 0 Å². The Bertz CT molecular complexity index is 676. The number of halogens is 2. The highest BCUT2D eigenvalue weighted by atomic mass is 35.5. The highest BCUT2D eigenvalue weighted by Gasteiger charge is 2.13. The van der Waals surface area contributed by atoms with Crippen molar-refractivity contribution in [3.63, 3.8) is 0 Å². The van der Waals surface area contributed by atoms with E-state index in [0.717, 1.165) is 5.69 Å². The normalized spacial score (nSPS) is 11.1. The van der Waals surface area contributed by atoms with Gasteiger partial charge in [-0.2, -0.15) is 0 Å². The Hall–Kier alpha value is -1.71. The highest BCUT2D eigenvalue weighted by Crippen LogP contribution is 2.25. The summed E-state index contributed by atoms with van der Waals surface area (Å²) >= 11 is 11.8. The average molecular weight is 337 g/mol. The van der Waals surface area contributed by atoms with E-state index in [-0.39, 0.29) is 11.4 Å². The van der Waals surface area contributed by atoms with Crippen LogP contribution in [0.25, 0.3) is 0 Å². The van der Waals surface area contributed by atoms with Crippen LogP contribution >= 0.6 is 23.2 Å². The van der Waals surface area contributed by atoms with Gasteiger partial charge in [0.1, 0.15) is 0 Å². The third-order valence-corrected chi connectivity index (χ3v) is 3.93. The van der Waals surface area contributed by atoms with Crippen LogP contribution in [-0.4, -0.2) is 6.03 Å². The fourth-order valence-corrected chi connectivity index (χ4v) is 2.22. The Kier molecular flexibility index (Phi) is 4.99. The van der Waals surface area contributed by atoms with Crippen molar-refractivity contribution in [2.75, 3.05) is 10.6 Å². The van der Waals surface area contributed by atoms with Crippen molar-refractivity contribution >= 4 is 40.6 Å². The molecule has 0 aliphatic carbocycles. The Morgan fingerprint density at radius 1 is 0.864 bits per heavy atom. The standard InChI is InChI=1S/C17H18Cl2N2O/c1-17(2,3)11-4-6-12(7-5-11)20-16(22)21-13-8-9-14(18)15(19)10-13/h4-10H,1-3H3,(H2,20,21,22). The Balaban J connectivity index is 2.01. The van der Waals surface area contributed by atoms with E-state index in [0.29, 0.717) is 15.7 Å². The third kappa shape index (κ3) is 4.39. The van der Waals surface area contributed by atoms with Gasteiger partial charge in [0.2, 0.25) is 0 Å². The Morgan fingerprint density at radius 3 is 1.95 bits per heavy atom. The number of urea groups is 1. The van der Waals surface area contributed by atoms with Gasteiger partial charge in [0.05, 0.1) is 10.0 Å². The molecule has 0 radical (unpaired) electrons. The second-order valence-electron chi connectivity index (χ2n) is 6.04. The second kappa shape index (κ2) is 6.59. The number of rotatable bonds is 2. The molecule has 2 aromatic carbocycles. The molecule has 5 heteroatoms. The molecule has 0 heterocycles. The zero-order chi connectivity index (χ0) is 16.3. The summed E-state index contributed by atoms with van der Waals surface area (Å²) in [6.45, 7) is 6.44. The monoisotopic (exact) mass is 336 g/mol. The lowest BCUT2D eigenvalue weighted by molar-refractivity contribution is 0.262. The number of nitrogens with one attached hydrogen (secondary N) is 2. The van der Waals surface area contributed by atoms with E-state index in [1.54, 1.807) is 18.2 Å². The van der Waals surface area contributed by atoms with Gasteiger partial charge in [-0.15, -0.1) is 0 Å². The molecule has 0 aliphatic rings. The molecule has 2 N–H and O–H groups in total. The molecular weight excluding hydrogens is 319 g/mol. The molecule has 3 nitrogen and oxygen atoms in total. The van der Waals surface area contributed by atoms with Crippen LogP contribution in [0.2, 0.25) is 10.0 Å². The lowest BCUT2D eigenvalue weighted by Gasteiger charge is -2.19. The smallest absolute Gasteiger partial charge is 0.308 e. The maximum absolute atomic E-state index is 12.0. The minimum atomic E-state index is -0.332. The van der Waals surface area contributed by atoms with Gasteiger partial charge in [-0.3, -0.25) is 0 Å². The quantitative estimate of drug-likeness (QED) is 0.700. The molecule has 2 amide bonds. The Labute approximate surface area is 140 Å². The number of carbonyl (C=O) groups is 1. The van der Waals surface area contributed by atoms with E-state index in [1.807, 2.05) is 24.3 Å². The summed E-state index contributed by atoms with van der Waals surface area (Å²) in [6.07, 6.45) is 0. The van der Waals surface area contributed by atoms with E-state index in [1.165, 1.54) is 5.56 Å². The number of amides is 2. The fourth-order valence-electron chi connectivity index (χ4n) is 1.92. The zero-order valence-electron chi connectivity index (χ0n) is 12.7. The van der Waals surface area contributed by atoms with E-state index in [4.69, 9.17) is 23.2 Å². The predicted octanol–water partition coefficient (Wildman–Crippen LogP) is 5.93. The summed E-state index contributed by atoms with van der Waals surface area (Å²) in [7, 11) is 0. The molecule has 116 valence electrons. The van der Waals surface area contributed by atoms with E-state index in [2.05, 4.69) is 31.4 Å². The molecular formula is C17H18Cl2N2O. The van der Waals surface area contributed by atoms with Gasteiger partial charge in [-0.25, -0.2) is 4.79 Å². The summed E-state index contributed by atoms with van der Waals surface area (Å²) in [5.41, 5.74) is 2.60. The van der Waals surface area contributed by atoms with Crippen molar-refractivity contribution in [3.8, 4) is 0 Å². The van der Waals surface area contributed by atoms with Crippen LogP contribution in [0.15, 0.2) is 42.5 Å². The number of hydrogen-bond donors (Lipinski definition) is 2. The van der Waals surface area contributed by atoms with Crippen LogP contribution in [0.1, 0.15) is 26.3 Å². The number of benzene rings is 2. The van der Waals surface area contributed by atoms with Crippen LogP contribution in [0.4, 0.5) is 16.2 Å². The van der Waals surface area contributed by atoms with Crippen LogP contribution in [-0.2, 0) is 5.41 Å². The average Bonchev–Trinajstić information content (AvgIpc) is 2.42. The highest BCUT2D eigenvalue weighted by molar-refractivity contribution is 6.42. The molecule has 2 rings (SSSR count). The van der Waals surface area contributed by atoms with E-state index >= 15 is 0 Å². The van der Waals surface area contributed by atoms with Gasteiger partial charge in [0.25, 0.3) is 0 Å². The second-order valence-corrected chi connectivity index (χ2v) is 6.85. The maximum Gasteiger partial charge on any atom is 0.323 e. The maximum atomic E-state index is 12.0. The van der Waals surface area contributed by atoms with Gasteiger partial charge in [0, 0.05) is 11.4 Å². The van der Waals surface area contributed by atoms with Crippen LogP contribution in [0.5, 0.6) is 0 Å². The van der Waals surface area contributed by atoms with Gasteiger partial charge >= 0.3 is 6.03 Å². The van der Waals surface area contributed by atoms with Crippen molar-refractivity contribution in [2.45, 2.75) is 26.2 Å². The van der Waals surface area contributed by atoms with Crippen molar-refractivity contribution in [1.82, 2.24) is 0 Å². The molecule has 0 saturated heterocycles. The molecule has 2 aromatic rings. The van der Waals surface area contributed by atoms with Crippen LogP contribution in [0.3, 0.4) is 0 Å². The summed E-state index contributed by atoms with van der Waals surface area (Å²) in [6, 6.07) is 12.4. The van der Waals surface area contributed by atoms with Crippen LogP contribution in [0, 0.1) is 0 Å². The zero-order valence-corrected chi connectivity index (χ0v) is 14.2. The molecule has 0 atom stereocenters. The first-order chi connectivity index (χ1) is 10.3. The van der Waals surface area contributed by atoms with Gasteiger partial charge in [-0.1, -0.05) is 56.1 Å². The summed E-state index contributed by atoms with van der Waals surface area (Å²) in [4.78, 5) is 12.0. The molecule has 22 heavy (non-hydrogen) atoms. The van der Waals surface area contributed by atoms with Gasteiger partial charge < -0.3 is 10.6 Å². The van der Waals surface area contributed by atoms with Gasteiger partial charge in [-0.05, 0) is 41.3 Å². The van der Waals surface area contributed by atoms with Gasteiger partial charge in [0.15, 0.2) is 0 Å². The topological polar surface area (TPSA) is 41.1 Å². The van der Waals surface area contributed by atoms with Crippen molar-refractivity contribution in [3.05, 3.63) is 58.1 Å². The minimum Gasteiger partial charge on any atom is -0.308 e. The summed E-state index contributed by atoms with van der Waals surface area (Å²) < 4.78 is 0. The molecule has 0 unspecified atom stereocenters. The van der Waals surface area contributed by atoms with E-state index < -0.39 is 0 Å². The largest absolute Gasteiger partial charge is 0.323 e. The number of hydrogen-bond acceptors (Lipinski definition) is 1. The molecule has 0 aromatic heterocycles. The van der Waals surface area contributed by atoms with Crippen molar-refractivity contribution < 1.29 is 4.79 Å². The summed E-state index contributed by atoms with van der Waals surface area (Å²) in [5.74, 6) is 0. The summed E-state index contributed by atoms with van der Waals surface area (Å²) in [5, 5.41) is 6.33. The molecule has 0 aliphatic heterocycles.